The number of ether oxygens (including phenoxy) is 1. The van der Waals surface area contributed by atoms with E-state index in [1.165, 1.54) is 6.92 Å². The molecule has 2 heterocycles. The molecule has 0 aliphatic carbocycles. The molecule has 1 atom stereocenters. The van der Waals surface area contributed by atoms with Gasteiger partial charge in [0.25, 0.3) is 5.91 Å². The third kappa shape index (κ3) is 3.61. The molecular weight excluding hydrogens is 332 g/mol. The minimum Gasteiger partial charge on any atom is -0.385 e. The number of aliphatic hydroxyl groups is 1. The van der Waals surface area contributed by atoms with E-state index in [1.807, 2.05) is 0 Å². The lowest BCUT2D eigenvalue weighted by Crippen LogP contribution is -2.39. The molecule has 2 aromatic rings. The lowest BCUT2D eigenvalue weighted by Gasteiger charge is -2.23. The lowest BCUT2D eigenvalue weighted by atomic mass is 10.0. The molecule has 0 saturated carbocycles. The quantitative estimate of drug-likeness (QED) is 0.885. The van der Waals surface area contributed by atoms with Crippen molar-refractivity contribution in [3.05, 3.63) is 40.6 Å². The highest BCUT2D eigenvalue weighted by molar-refractivity contribution is 6.30. The van der Waals surface area contributed by atoms with Gasteiger partial charge in [-0.1, -0.05) is 28.9 Å². The minimum absolute atomic E-state index is 0.0427. The lowest BCUT2D eigenvalue weighted by molar-refractivity contribution is 0.0692. The van der Waals surface area contributed by atoms with Crippen LogP contribution in [-0.4, -0.2) is 35.4 Å². The van der Waals surface area contributed by atoms with Crippen molar-refractivity contribution in [3.8, 4) is 11.3 Å². The number of carbonyl (C=O) groups is 1. The number of hydrogen-bond acceptors (Lipinski definition) is 5. The summed E-state index contributed by atoms with van der Waals surface area (Å²) in [5.41, 5.74) is 1.36. The number of rotatable bonds is 4. The van der Waals surface area contributed by atoms with Crippen LogP contribution in [-0.2, 0) is 4.74 Å². The fraction of sp³-hybridized carbons (Fsp3) is 0.412. The number of aliphatic hydroxyl groups excluding tert-OH is 1. The number of aromatic nitrogens is 1. The largest absolute Gasteiger partial charge is 0.385 e. The van der Waals surface area contributed by atoms with Gasteiger partial charge < -0.3 is 19.7 Å². The summed E-state index contributed by atoms with van der Waals surface area (Å²) in [5, 5.41) is 17.5. The maximum absolute atomic E-state index is 12.8. The molecule has 1 saturated heterocycles. The van der Waals surface area contributed by atoms with Crippen LogP contribution in [0.1, 0.15) is 42.0 Å². The van der Waals surface area contributed by atoms with Crippen LogP contribution in [0, 0.1) is 0 Å². The van der Waals surface area contributed by atoms with Crippen molar-refractivity contribution < 1.29 is 19.2 Å². The van der Waals surface area contributed by atoms with Crippen LogP contribution in [0.3, 0.4) is 0 Å². The summed E-state index contributed by atoms with van der Waals surface area (Å²) < 4.78 is 10.5. The monoisotopic (exact) mass is 350 g/mol. The second-order valence-corrected chi connectivity index (χ2v) is 6.25. The fourth-order valence-corrected chi connectivity index (χ4v) is 2.84. The Balaban J connectivity index is 1.93. The van der Waals surface area contributed by atoms with Crippen molar-refractivity contribution in [2.24, 2.45) is 0 Å². The van der Waals surface area contributed by atoms with E-state index < -0.39 is 6.10 Å². The predicted octanol–water partition coefficient (Wildman–Crippen LogP) is 2.96. The number of benzene rings is 1. The number of nitrogens with zero attached hydrogens (tertiary/aromatic N) is 1. The van der Waals surface area contributed by atoms with Crippen LogP contribution in [0.2, 0.25) is 5.02 Å². The Morgan fingerprint density at radius 3 is 2.62 bits per heavy atom. The molecule has 0 bridgehead atoms. The van der Waals surface area contributed by atoms with Gasteiger partial charge in [-0.25, -0.2) is 0 Å². The second-order valence-electron chi connectivity index (χ2n) is 5.81. The van der Waals surface area contributed by atoms with Gasteiger partial charge in [-0.3, -0.25) is 4.79 Å². The summed E-state index contributed by atoms with van der Waals surface area (Å²) in [4.78, 5) is 12.8. The molecule has 1 fully saturated rings. The highest BCUT2D eigenvalue weighted by Crippen LogP contribution is 2.30. The molecule has 7 heteroatoms. The van der Waals surface area contributed by atoms with Crippen LogP contribution >= 0.6 is 11.6 Å². The summed E-state index contributed by atoms with van der Waals surface area (Å²) >= 11 is 5.91. The van der Waals surface area contributed by atoms with E-state index >= 15 is 0 Å². The van der Waals surface area contributed by atoms with Gasteiger partial charge >= 0.3 is 0 Å². The van der Waals surface area contributed by atoms with Crippen molar-refractivity contribution in [2.45, 2.75) is 31.9 Å². The highest BCUT2D eigenvalue weighted by atomic mass is 35.5. The molecule has 1 aromatic carbocycles. The Kier molecular flexibility index (Phi) is 5.18. The standard InChI is InChI=1S/C17H19ClN2O4/c1-10(21)16-14(17(22)19-13-6-8-23-9-7-13)15(20-24-16)11-2-4-12(18)5-3-11/h2-5,10,13,21H,6-9H2,1H3,(H,19,22). The predicted molar refractivity (Wildman–Crippen MR) is 88.9 cm³/mol. The first kappa shape index (κ1) is 17.0. The Hall–Kier alpha value is -1.89. The SMILES string of the molecule is CC(O)c1onc(-c2ccc(Cl)cc2)c1C(=O)NC1CCOCC1. The van der Waals surface area contributed by atoms with Crippen molar-refractivity contribution in [1.82, 2.24) is 10.5 Å². The normalized spacial score (nSPS) is 16.8. The van der Waals surface area contributed by atoms with E-state index in [0.29, 0.717) is 29.5 Å². The first-order chi connectivity index (χ1) is 11.6. The maximum atomic E-state index is 12.8. The van der Waals surface area contributed by atoms with Gasteiger partial charge in [0.2, 0.25) is 0 Å². The number of nitrogens with one attached hydrogen (secondary N) is 1. The van der Waals surface area contributed by atoms with Crippen LogP contribution in [0.25, 0.3) is 11.3 Å². The van der Waals surface area contributed by atoms with Gasteiger partial charge in [0.1, 0.15) is 17.4 Å². The van der Waals surface area contributed by atoms with Gasteiger partial charge in [0.15, 0.2) is 5.76 Å². The van der Waals surface area contributed by atoms with E-state index in [2.05, 4.69) is 10.5 Å². The number of carbonyl (C=O) groups excluding carboxylic acids is 1. The van der Waals surface area contributed by atoms with E-state index in [0.717, 1.165) is 12.8 Å². The van der Waals surface area contributed by atoms with Gasteiger partial charge in [0, 0.05) is 29.8 Å². The van der Waals surface area contributed by atoms with Gasteiger partial charge in [-0.15, -0.1) is 0 Å². The van der Waals surface area contributed by atoms with Gasteiger partial charge in [0.05, 0.1) is 0 Å². The van der Waals surface area contributed by atoms with E-state index in [-0.39, 0.29) is 23.3 Å². The molecule has 2 N–H and O–H groups in total. The maximum Gasteiger partial charge on any atom is 0.257 e. The summed E-state index contributed by atoms with van der Waals surface area (Å²) in [6.07, 6.45) is 0.586. The van der Waals surface area contributed by atoms with Crippen molar-refractivity contribution in [1.29, 1.82) is 0 Å². The number of hydrogen-bond donors (Lipinski definition) is 2. The zero-order valence-corrected chi connectivity index (χ0v) is 14.0. The van der Waals surface area contributed by atoms with Crippen LogP contribution in [0.4, 0.5) is 0 Å². The first-order valence-corrected chi connectivity index (χ1v) is 8.26. The Morgan fingerprint density at radius 1 is 1.33 bits per heavy atom. The molecule has 128 valence electrons. The fourth-order valence-electron chi connectivity index (χ4n) is 2.71. The molecule has 1 aromatic heterocycles. The topological polar surface area (TPSA) is 84.6 Å². The molecule has 24 heavy (non-hydrogen) atoms. The Bertz CT molecular complexity index is 706. The minimum atomic E-state index is -0.936. The zero-order valence-electron chi connectivity index (χ0n) is 13.3. The molecule has 0 radical (unpaired) electrons. The van der Waals surface area contributed by atoms with Crippen molar-refractivity contribution in [3.63, 3.8) is 0 Å². The average molecular weight is 351 g/mol. The van der Waals surface area contributed by atoms with E-state index in [1.54, 1.807) is 24.3 Å². The van der Waals surface area contributed by atoms with E-state index in [4.69, 9.17) is 20.9 Å². The average Bonchev–Trinajstić information content (AvgIpc) is 3.02. The molecule has 3 rings (SSSR count). The van der Waals surface area contributed by atoms with Crippen LogP contribution in [0.5, 0.6) is 0 Å². The summed E-state index contributed by atoms with van der Waals surface area (Å²) in [7, 11) is 0. The highest BCUT2D eigenvalue weighted by Gasteiger charge is 2.28. The third-order valence-corrected chi connectivity index (χ3v) is 4.25. The molecule has 1 amide bonds. The molecule has 1 unspecified atom stereocenters. The van der Waals surface area contributed by atoms with Crippen molar-refractivity contribution in [2.75, 3.05) is 13.2 Å². The second kappa shape index (κ2) is 7.34. The molecule has 1 aliphatic rings. The first-order valence-electron chi connectivity index (χ1n) is 7.88. The molecular formula is C17H19ClN2O4. The van der Waals surface area contributed by atoms with Gasteiger partial charge in [-0.05, 0) is 31.9 Å². The zero-order chi connectivity index (χ0) is 17.1. The third-order valence-electron chi connectivity index (χ3n) is 4.00. The van der Waals surface area contributed by atoms with Gasteiger partial charge in [-0.2, -0.15) is 0 Å². The molecule has 0 spiro atoms. The molecule has 1 aliphatic heterocycles. The summed E-state index contributed by atoms with van der Waals surface area (Å²) in [6, 6.07) is 7.00. The summed E-state index contributed by atoms with van der Waals surface area (Å²) in [5.74, 6) is -0.145. The number of halogens is 1. The van der Waals surface area contributed by atoms with Crippen molar-refractivity contribution >= 4 is 17.5 Å². The number of amides is 1. The Labute approximate surface area is 144 Å². The Morgan fingerprint density at radius 2 is 2.00 bits per heavy atom. The summed E-state index contributed by atoms with van der Waals surface area (Å²) in [6.45, 7) is 2.79. The van der Waals surface area contributed by atoms with Crippen LogP contribution < -0.4 is 5.32 Å². The van der Waals surface area contributed by atoms with E-state index in [9.17, 15) is 9.90 Å². The smallest absolute Gasteiger partial charge is 0.257 e. The molecule has 6 nitrogen and oxygen atoms in total. The van der Waals surface area contributed by atoms with Crippen LogP contribution in [0.15, 0.2) is 28.8 Å².